The molecule has 0 saturated carbocycles. The lowest BCUT2D eigenvalue weighted by Crippen LogP contribution is -2.36. The third-order valence-corrected chi connectivity index (χ3v) is 7.20. The van der Waals surface area contributed by atoms with Gasteiger partial charge in [0, 0.05) is 25.6 Å². The Hall–Kier alpha value is -1.99. The zero-order valence-corrected chi connectivity index (χ0v) is 24.0. The van der Waals surface area contributed by atoms with Gasteiger partial charge in [-0.05, 0) is 25.0 Å². The van der Waals surface area contributed by atoms with Gasteiger partial charge in [0.05, 0.1) is 31.6 Å². The second kappa shape index (κ2) is 20.9. The number of carbonyl (C=O) groups excluding carboxylic acids is 2. The molecule has 1 aromatic heterocycles. The zero-order chi connectivity index (χ0) is 27.3. The highest BCUT2D eigenvalue weighted by atomic mass is 16.6. The second-order valence-corrected chi connectivity index (χ2v) is 10.7. The minimum atomic E-state index is -0.663. The van der Waals surface area contributed by atoms with E-state index >= 15 is 0 Å². The Balaban J connectivity index is 1.41. The molecular formula is C31H52N2O5. The summed E-state index contributed by atoms with van der Waals surface area (Å²) in [4.78, 5) is 29.6. The van der Waals surface area contributed by atoms with Crippen molar-refractivity contribution in [2.45, 2.75) is 123 Å². The van der Waals surface area contributed by atoms with Gasteiger partial charge in [-0.2, -0.15) is 0 Å². The molecule has 7 heteroatoms. The normalized spacial score (nSPS) is 17.0. The maximum Gasteiger partial charge on any atom is 0.416 e. The third kappa shape index (κ3) is 14.8. The van der Waals surface area contributed by atoms with Gasteiger partial charge in [-0.3, -0.25) is 9.78 Å². The fourth-order valence-corrected chi connectivity index (χ4v) is 4.86. The van der Waals surface area contributed by atoms with E-state index in [1.807, 2.05) is 6.07 Å². The number of ether oxygens (including phenoxy) is 3. The van der Waals surface area contributed by atoms with Crippen LogP contribution in [0.15, 0.2) is 24.4 Å². The number of hydrogen-bond donors (Lipinski definition) is 0. The number of carbonyl (C=O) groups is 2. The number of unbranched alkanes of at least 4 members (excludes halogenated alkanes) is 13. The highest BCUT2D eigenvalue weighted by molar-refractivity contribution is 5.90. The van der Waals surface area contributed by atoms with Gasteiger partial charge in [0.2, 0.25) is 5.91 Å². The highest BCUT2D eigenvalue weighted by Crippen LogP contribution is 2.21. The van der Waals surface area contributed by atoms with E-state index in [-0.39, 0.29) is 25.2 Å². The Morgan fingerprint density at radius 1 is 0.921 bits per heavy atom. The van der Waals surface area contributed by atoms with Crippen LogP contribution in [0.2, 0.25) is 0 Å². The summed E-state index contributed by atoms with van der Waals surface area (Å²) < 4.78 is 17.0. The Kier molecular flexibility index (Phi) is 17.7. The summed E-state index contributed by atoms with van der Waals surface area (Å²) in [5.41, 5.74) is 0.632. The summed E-state index contributed by atoms with van der Waals surface area (Å²) in [6, 6.07) is 5.38. The largest absolute Gasteiger partial charge is 0.446 e. The van der Waals surface area contributed by atoms with E-state index in [1.165, 1.54) is 90.4 Å². The first-order valence-corrected chi connectivity index (χ1v) is 15.1. The molecular weight excluding hydrogens is 480 g/mol. The molecule has 1 aromatic rings. The average molecular weight is 533 g/mol. The summed E-state index contributed by atoms with van der Waals surface area (Å²) in [5.74, 6) is -0.0504. The molecule has 1 saturated heterocycles. The quantitative estimate of drug-likeness (QED) is 0.153. The first-order chi connectivity index (χ1) is 18.6. The van der Waals surface area contributed by atoms with Crippen LogP contribution in [0.5, 0.6) is 0 Å². The molecule has 38 heavy (non-hydrogen) atoms. The smallest absolute Gasteiger partial charge is 0.416 e. The molecule has 0 N–H and O–H groups in total. The Bertz CT molecular complexity index is 745. The second-order valence-electron chi connectivity index (χ2n) is 10.7. The van der Waals surface area contributed by atoms with Gasteiger partial charge < -0.3 is 14.2 Å². The van der Waals surface area contributed by atoms with Crippen molar-refractivity contribution < 1.29 is 23.8 Å². The van der Waals surface area contributed by atoms with E-state index in [1.54, 1.807) is 18.3 Å². The predicted octanol–water partition coefficient (Wildman–Crippen LogP) is 7.47. The van der Waals surface area contributed by atoms with Gasteiger partial charge in [0.1, 0.15) is 6.61 Å². The number of amides is 2. The van der Waals surface area contributed by atoms with Crippen molar-refractivity contribution in [1.29, 1.82) is 0 Å². The number of rotatable bonds is 21. The Labute approximate surface area is 231 Å². The first-order valence-electron chi connectivity index (χ1n) is 15.1. The molecule has 0 radical (unpaired) electrons. The van der Waals surface area contributed by atoms with Crippen LogP contribution < -0.4 is 0 Å². The molecule has 0 bridgehead atoms. The SMILES string of the molecule is CCCCCCCCCCCCCCCCOC[C@H]1CO[C@H](COC(=O)N(Cc2ccccn2)C(C)=O)C1. The van der Waals surface area contributed by atoms with Crippen molar-refractivity contribution >= 4 is 12.0 Å². The third-order valence-electron chi connectivity index (χ3n) is 7.20. The van der Waals surface area contributed by atoms with Crippen LogP contribution in [0.25, 0.3) is 0 Å². The van der Waals surface area contributed by atoms with Gasteiger partial charge >= 0.3 is 6.09 Å². The highest BCUT2D eigenvalue weighted by Gasteiger charge is 2.28. The summed E-state index contributed by atoms with van der Waals surface area (Å²) in [6.45, 7) is 5.96. The molecule has 2 heterocycles. The van der Waals surface area contributed by atoms with E-state index in [2.05, 4.69) is 11.9 Å². The number of aromatic nitrogens is 1. The van der Waals surface area contributed by atoms with Crippen molar-refractivity contribution in [2.24, 2.45) is 5.92 Å². The van der Waals surface area contributed by atoms with E-state index in [9.17, 15) is 9.59 Å². The molecule has 0 spiro atoms. The van der Waals surface area contributed by atoms with Crippen LogP contribution in [0, 0.1) is 5.92 Å². The van der Waals surface area contributed by atoms with Crippen molar-refractivity contribution in [3.63, 3.8) is 0 Å². The van der Waals surface area contributed by atoms with Crippen molar-refractivity contribution in [3.05, 3.63) is 30.1 Å². The maximum atomic E-state index is 12.4. The number of nitrogens with zero attached hydrogens (tertiary/aromatic N) is 2. The van der Waals surface area contributed by atoms with E-state index in [4.69, 9.17) is 14.2 Å². The van der Waals surface area contributed by atoms with E-state index in [0.717, 1.165) is 24.3 Å². The topological polar surface area (TPSA) is 78.0 Å². The van der Waals surface area contributed by atoms with Gasteiger partial charge in [0.15, 0.2) is 0 Å². The van der Waals surface area contributed by atoms with Crippen LogP contribution in [-0.2, 0) is 25.5 Å². The summed E-state index contributed by atoms with van der Waals surface area (Å²) in [6.07, 6.45) is 20.6. The lowest BCUT2D eigenvalue weighted by atomic mass is 10.0. The van der Waals surface area contributed by atoms with Gasteiger partial charge in [-0.25, -0.2) is 9.69 Å². The van der Waals surface area contributed by atoms with Crippen LogP contribution in [0.4, 0.5) is 4.79 Å². The average Bonchev–Trinajstić information content (AvgIpc) is 3.38. The monoisotopic (exact) mass is 532 g/mol. The van der Waals surface area contributed by atoms with Crippen LogP contribution in [-0.4, -0.2) is 54.4 Å². The fourth-order valence-electron chi connectivity index (χ4n) is 4.86. The van der Waals surface area contributed by atoms with E-state index in [0.29, 0.717) is 24.8 Å². The fraction of sp³-hybridized carbons (Fsp3) is 0.774. The minimum absolute atomic E-state index is 0.0935. The summed E-state index contributed by atoms with van der Waals surface area (Å²) in [5, 5.41) is 0. The van der Waals surface area contributed by atoms with E-state index < -0.39 is 6.09 Å². The predicted molar refractivity (Wildman–Crippen MR) is 151 cm³/mol. The molecule has 0 unspecified atom stereocenters. The molecule has 216 valence electrons. The molecule has 0 aliphatic carbocycles. The van der Waals surface area contributed by atoms with Crippen LogP contribution >= 0.6 is 0 Å². The molecule has 1 aliphatic heterocycles. The molecule has 2 amide bonds. The van der Waals surface area contributed by atoms with Gasteiger partial charge in [-0.1, -0.05) is 96.5 Å². The molecule has 2 rings (SSSR count). The number of hydrogen-bond acceptors (Lipinski definition) is 6. The summed E-state index contributed by atoms with van der Waals surface area (Å²) >= 11 is 0. The molecule has 2 atom stereocenters. The number of imide groups is 1. The molecule has 1 fully saturated rings. The lowest BCUT2D eigenvalue weighted by Gasteiger charge is -2.19. The van der Waals surface area contributed by atoms with Crippen LogP contribution in [0.3, 0.4) is 0 Å². The van der Waals surface area contributed by atoms with Gasteiger partial charge in [0.25, 0.3) is 0 Å². The minimum Gasteiger partial charge on any atom is -0.446 e. The van der Waals surface area contributed by atoms with Crippen LogP contribution in [0.1, 0.15) is 116 Å². The van der Waals surface area contributed by atoms with Crippen molar-refractivity contribution in [3.8, 4) is 0 Å². The lowest BCUT2D eigenvalue weighted by molar-refractivity contribution is -0.128. The number of pyridine rings is 1. The zero-order valence-electron chi connectivity index (χ0n) is 24.0. The van der Waals surface area contributed by atoms with Gasteiger partial charge in [-0.15, -0.1) is 0 Å². The maximum absolute atomic E-state index is 12.4. The molecule has 0 aromatic carbocycles. The van der Waals surface area contributed by atoms with Crippen molar-refractivity contribution in [2.75, 3.05) is 26.4 Å². The molecule has 1 aliphatic rings. The molecule has 7 nitrogen and oxygen atoms in total. The standard InChI is InChI=1S/C31H52N2O5/c1-3-4-5-6-7-8-9-10-11-12-13-14-15-18-21-36-24-28-22-30(37-25-28)26-38-31(35)33(27(2)34)23-29-19-16-17-20-32-29/h16-17,19-20,28,30H,3-15,18,21-26H2,1-2H3/t28-,30-/m0/s1. The Morgan fingerprint density at radius 2 is 1.55 bits per heavy atom. The first kappa shape index (κ1) is 32.2. The summed E-state index contributed by atoms with van der Waals surface area (Å²) in [7, 11) is 0. The Morgan fingerprint density at radius 3 is 2.13 bits per heavy atom. The van der Waals surface area contributed by atoms with Crippen molar-refractivity contribution in [1.82, 2.24) is 9.88 Å².